The Bertz CT molecular complexity index is 572. The third kappa shape index (κ3) is 1.84. The maximum absolute atomic E-state index is 11.1. The Balaban J connectivity index is 2.55. The van der Waals surface area contributed by atoms with Crippen molar-refractivity contribution in [1.82, 2.24) is 9.97 Å². The summed E-state index contributed by atoms with van der Waals surface area (Å²) in [5, 5.41) is 9.14. The summed E-state index contributed by atoms with van der Waals surface area (Å²) < 4.78 is 5.10. The van der Waals surface area contributed by atoms with E-state index in [9.17, 15) is 4.79 Å². The van der Waals surface area contributed by atoms with E-state index in [0.29, 0.717) is 11.6 Å². The van der Waals surface area contributed by atoms with E-state index in [-0.39, 0.29) is 0 Å². The Kier molecular flexibility index (Phi) is 2.53. The number of hydrogen-bond donors (Lipinski definition) is 2. The van der Waals surface area contributed by atoms with Gasteiger partial charge in [-0.15, -0.1) is 0 Å². The van der Waals surface area contributed by atoms with Crippen molar-refractivity contribution in [2.24, 2.45) is 0 Å². The molecule has 2 N–H and O–H groups in total. The van der Waals surface area contributed by atoms with Crippen molar-refractivity contribution in [2.45, 2.75) is 19.3 Å². The number of methoxy groups -OCH3 is 1. The van der Waals surface area contributed by atoms with Gasteiger partial charge in [-0.3, -0.25) is 4.79 Å². The van der Waals surface area contributed by atoms with Gasteiger partial charge < -0.3 is 14.8 Å². The number of benzene rings is 1. The van der Waals surface area contributed by atoms with E-state index in [4.69, 9.17) is 9.84 Å². The fourth-order valence-electron chi connectivity index (χ4n) is 1.51. The van der Waals surface area contributed by atoms with Gasteiger partial charge >= 0.3 is 5.97 Å². The molecule has 17 heavy (non-hydrogen) atoms. The number of carboxylic acid groups (broad SMARTS) is 1. The normalized spacial score (nSPS) is 11.7. The van der Waals surface area contributed by atoms with Crippen LogP contribution in [0.2, 0.25) is 0 Å². The van der Waals surface area contributed by atoms with Gasteiger partial charge in [-0.1, -0.05) is 0 Å². The summed E-state index contributed by atoms with van der Waals surface area (Å²) in [6.07, 6.45) is 0. The molecule has 0 spiro atoms. The van der Waals surface area contributed by atoms with E-state index in [1.54, 1.807) is 39.2 Å². The van der Waals surface area contributed by atoms with Crippen LogP contribution in [0.4, 0.5) is 0 Å². The summed E-state index contributed by atoms with van der Waals surface area (Å²) >= 11 is 0. The molecule has 0 unspecified atom stereocenters. The first-order valence-electron chi connectivity index (χ1n) is 5.23. The lowest BCUT2D eigenvalue weighted by molar-refractivity contribution is -0.142. The van der Waals surface area contributed by atoms with Crippen LogP contribution in [0.15, 0.2) is 18.2 Å². The van der Waals surface area contributed by atoms with Crippen LogP contribution in [0.3, 0.4) is 0 Å². The highest BCUT2D eigenvalue weighted by atomic mass is 16.5. The van der Waals surface area contributed by atoms with Gasteiger partial charge in [-0.05, 0) is 26.0 Å². The van der Waals surface area contributed by atoms with E-state index in [0.717, 1.165) is 11.0 Å². The fraction of sp³-hybridized carbons (Fsp3) is 0.333. The van der Waals surface area contributed by atoms with Gasteiger partial charge in [-0.2, -0.15) is 0 Å². The number of aliphatic carboxylic acids is 1. The van der Waals surface area contributed by atoms with Crippen LogP contribution in [0.1, 0.15) is 19.7 Å². The summed E-state index contributed by atoms with van der Waals surface area (Å²) in [6.45, 7) is 3.23. The number of aromatic amines is 1. The molecule has 5 nitrogen and oxygen atoms in total. The molecule has 0 fully saturated rings. The van der Waals surface area contributed by atoms with Crippen molar-refractivity contribution in [3.05, 3.63) is 24.0 Å². The molecule has 0 aliphatic carbocycles. The average Bonchev–Trinajstić information content (AvgIpc) is 2.71. The van der Waals surface area contributed by atoms with Crippen LogP contribution in [0.5, 0.6) is 5.75 Å². The van der Waals surface area contributed by atoms with E-state index in [2.05, 4.69) is 9.97 Å². The highest BCUT2D eigenvalue weighted by Gasteiger charge is 2.32. The number of carbonyl (C=O) groups is 1. The number of H-pyrrole nitrogens is 1. The maximum atomic E-state index is 11.1. The lowest BCUT2D eigenvalue weighted by atomic mass is 9.93. The topological polar surface area (TPSA) is 75.2 Å². The largest absolute Gasteiger partial charge is 0.497 e. The molecule has 2 aromatic rings. The molecule has 0 saturated heterocycles. The summed E-state index contributed by atoms with van der Waals surface area (Å²) in [5.74, 6) is 0.234. The number of carboxylic acids is 1. The molecule has 1 heterocycles. The van der Waals surface area contributed by atoms with Crippen LogP contribution in [0, 0.1) is 0 Å². The monoisotopic (exact) mass is 234 g/mol. The first-order chi connectivity index (χ1) is 7.95. The van der Waals surface area contributed by atoms with E-state index in [1.807, 2.05) is 0 Å². The highest BCUT2D eigenvalue weighted by molar-refractivity contribution is 5.82. The van der Waals surface area contributed by atoms with E-state index in [1.165, 1.54) is 0 Å². The summed E-state index contributed by atoms with van der Waals surface area (Å²) in [5.41, 5.74) is 0.468. The molecule has 5 heteroatoms. The predicted molar refractivity (Wildman–Crippen MR) is 63.3 cm³/mol. The summed E-state index contributed by atoms with van der Waals surface area (Å²) in [7, 11) is 1.58. The Morgan fingerprint density at radius 1 is 1.47 bits per heavy atom. The lowest BCUT2D eigenvalue weighted by Gasteiger charge is -2.15. The quantitative estimate of drug-likeness (QED) is 0.850. The number of imidazole rings is 1. The van der Waals surface area contributed by atoms with Gasteiger partial charge in [0, 0.05) is 6.07 Å². The third-order valence-corrected chi connectivity index (χ3v) is 2.82. The number of hydrogen-bond acceptors (Lipinski definition) is 3. The zero-order valence-corrected chi connectivity index (χ0v) is 9.94. The SMILES string of the molecule is COc1ccc2nc(C(C)(C)C(=O)O)[nH]c2c1. The average molecular weight is 234 g/mol. The Morgan fingerprint density at radius 2 is 2.18 bits per heavy atom. The molecule has 0 aliphatic rings. The van der Waals surface area contributed by atoms with Crippen molar-refractivity contribution in [2.75, 3.05) is 7.11 Å². The Hall–Kier alpha value is -2.04. The number of fused-ring (bicyclic) bond motifs is 1. The van der Waals surface area contributed by atoms with Gasteiger partial charge in [-0.25, -0.2) is 4.98 Å². The molecule has 1 aromatic heterocycles. The molecule has 0 amide bonds. The standard InChI is InChI=1S/C12H14N2O3/c1-12(2,11(15)16)10-13-8-5-4-7(17-3)6-9(8)14-10/h4-6H,1-3H3,(H,13,14)(H,15,16). The van der Waals surface area contributed by atoms with Crippen molar-refractivity contribution in [3.8, 4) is 5.75 Å². The number of ether oxygens (including phenoxy) is 1. The molecule has 90 valence electrons. The van der Waals surface area contributed by atoms with Gasteiger partial charge in [0.25, 0.3) is 0 Å². The number of rotatable bonds is 3. The number of nitrogens with one attached hydrogen (secondary N) is 1. The zero-order valence-electron chi connectivity index (χ0n) is 9.94. The number of nitrogens with zero attached hydrogens (tertiary/aromatic N) is 1. The molecule has 2 rings (SSSR count). The molecule has 0 saturated carbocycles. The molecular weight excluding hydrogens is 220 g/mol. The summed E-state index contributed by atoms with van der Waals surface area (Å²) in [4.78, 5) is 18.4. The van der Waals surface area contributed by atoms with Crippen molar-refractivity contribution in [1.29, 1.82) is 0 Å². The second-order valence-corrected chi connectivity index (χ2v) is 4.40. The third-order valence-electron chi connectivity index (χ3n) is 2.82. The summed E-state index contributed by atoms with van der Waals surface area (Å²) in [6, 6.07) is 5.39. The van der Waals surface area contributed by atoms with Gasteiger partial charge in [0.2, 0.25) is 0 Å². The van der Waals surface area contributed by atoms with Crippen molar-refractivity contribution < 1.29 is 14.6 Å². The minimum Gasteiger partial charge on any atom is -0.497 e. The van der Waals surface area contributed by atoms with Crippen LogP contribution in [-0.2, 0) is 10.2 Å². The Morgan fingerprint density at radius 3 is 2.76 bits per heavy atom. The minimum atomic E-state index is -1.04. The Labute approximate surface area is 98.4 Å². The van der Waals surface area contributed by atoms with E-state index >= 15 is 0 Å². The molecule has 0 bridgehead atoms. The van der Waals surface area contributed by atoms with Crippen molar-refractivity contribution in [3.63, 3.8) is 0 Å². The highest BCUT2D eigenvalue weighted by Crippen LogP contribution is 2.25. The fourth-order valence-corrected chi connectivity index (χ4v) is 1.51. The van der Waals surface area contributed by atoms with Crippen LogP contribution in [0.25, 0.3) is 11.0 Å². The predicted octanol–water partition coefficient (Wildman–Crippen LogP) is 1.93. The molecule has 0 aliphatic heterocycles. The van der Waals surface area contributed by atoms with Gasteiger partial charge in [0.15, 0.2) is 0 Å². The van der Waals surface area contributed by atoms with Gasteiger partial charge in [0.1, 0.15) is 17.0 Å². The maximum Gasteiger partial charge on any atom is 0.316 e. The second kappa shape index (κ2) is 3.76. The van der Waals surface area contributed by atoms with Crippen LogP contribution < -0.4 is 4.74 Å². The smallest absolute Gasteiger partial charge is 0.316 e. The zero-order chi connectivity index (χ0) is 12.6. The lowest BCUT2D eigenvalue weighted by Crippen LogP contribution is -2.29. The van der Waals surface area contributed by atoms with Gasteiger partial charge in [0.05, 0.1) is 18.1 Å². The van der Waals surface area contributed by atoms with Crippen molar-refractivity contribution >= 4 is 17.0 Å². The first kappa shape index (κ1) is 11.4. The van der Waals surface area contributed by atoms with E-state index < -0.39 is 11.4 Å². The van der Waals surface area contributed by atoms with Crippen LogP contribution >= 0.6 is 0 Å². The molecular formula is C12H14N2O3. The first-order valence-corrected chi connectivity index (χ1v) is 5.23. The molecule has 0 radical (unpaired) electrons. The number of aromatic nitrogens is 2. The van der Waals surface area contributed by atoms with Crippen LogP contribution in [-0.4, -0.2) is 28.2 Å². The minimum absolute atomic E-state index is 0.438. The molecule has 1 aromatic carbocycles. The second-order valence-electron chi connectivity index (χ2n) is 4.40. The molecule has 0 atom stereocenters.